The standard InChI is InChI=1S/C43H48N4O6/c48-26-31-11-14-36(53-31)38-32-12-13-33-37(42(51)46(40(33)49)29-15-19-44(20-16-29)24-27-7-3-1-4-8-27)34(32)23-35-39(38)43(52)47(41(35)50)30-17-21-45(22-18-30)25-28-9-5-2-6-10-28/h1-12,14,29-30,33-35,37-39,48H,13,15-26H2/t33-,34+,35+,37-,38+,39+/m0/s1. The van der Waals surface area contributed by atoms with Gasteiger partial charge in [-0.25, -0.2) is 0 Å². The lowest BCUT2D eigenvalue weighted by molar-refractivity contribution is -0.146. The van der Waals surface area contributed by atoms with Crippen LogP contribution in [0.4, 0.5) is 0 Å². The van der Waals surface area contributed by atoms with E-state index in [0.717, 1.165) is 57.7 Å². The highest BCUT2D eigenvalue weighted by atomic mass is 16.4. The van der Waals surface area contributed by atoms with Gasteiger partial charge in [0, 0.05) is 51.4 Å². The number of nitrogens with zero attached hydrogens (tertiary/aromatic N) is 4. The molecule has 1 saturated carbocycles. The lowest BCUT2D eigenvalue weighted by atomic mass is 9.58. The van der Waals surface area contributed by atoms with Gasteiger partial charge < -0.3 is 9.52 Å². The normalized spacial score (nSPS) is 30.1. The first-order valence-corrected chi connectivity index (χ1v) is 19.6. The molecule has 4 amide bonds. The molecule has 10 heteroatoms. The number of hydrogen-bond acceptors (Lipinski definition) is 8. The first kappa shape index (κ1) is 34.4. The van der Waals surface area contributed by atoms with Crippen molar-refractivity contribution < 1.29 is 28.7 Å². The van der Waals surface area contributed by atoms with Gasteiger partial charge in [0.05, 0.1) is 29.6 Å². The van der Waals surface area contributed by atoms with E-state index in [1.54, 1.807) is 15.9 Å². The molecule has 1 N–H and O–H groups in total. The van der Waals surface area contributed by atoms with Crippen molar-refractivity contribution in [3.63, 3.8) is 0 Å². The Morgan fingerprint density at radius 3 is 1.66 bits per heavy atom. The molecule has 5 heterocycles. The molecular formula is C43H48N4O6. The minimum Gasteiger partial charge on any atom is -0.463 e. The molecule has 2 aromatic carbocycles. The van der Waals surface area contributed by atoms with Crippen LogP contribution in [-0.4, -0.2) is 86.6 Å². The number of carbonyl (C=O) groups is 4. The number of allylic oxidation sites excluding steroid dienone is 2. The van der Waals surface area contributed by atoms with Crippen LogP contribution in [0.5, 0.6) is 0 Å². The summed E-state index contributed by atoms with van der Waals surface area (Å²) in [5, 5.41) is 9.89. The van der Waals surface area contributed by atoms with E-state index < -0.39 is 29.6 Å². The van der Waals surface area contributed by atoms with Gasteiger partial charge in [-0.05, 0) is 67.7 Å². The molecule has 276 valence electrons. The summed E-state index contributed by atoms with van der Waals surface area (Å²) in [4.78, 5) is 65.6. The second-order valence-corrected chi connectivity index (χ2v) is 16.1. The molecule has 6 atom stereocenters. The van der Waals surface area contributed by atoms with Gasteiger partial charge in [-0.15, -0.1) is 0 Å². The first-order valence-electron chi connectivity index (χ1n) is 19.6. The number of rotatable bonds is 8. The summed E-state index contributed by atoms with van der Waals surface area (Å²) in [6.45, 7) is 4.62. The fraction of sp³-hybridized carbons (Fsp3) is 0.488. The number of aliphatic hydroxyl groups excluding tert-OH is 1. The Morgan fingerprint density at radius 2 is 1.13 bits per heavy atom. The fourth-order valence-electron chi connectivity index (χ4n) is 10.7. The molecule has 4 saturated heterocycles. The molecule has 1 aromatic heterocycles. The molecule has 3 aromatic rings. The summed E-state index contributed by atoms with van der Waals surface area (Å²) in [6, 6.07) is 23.9. The van der Waals surface area contributed by atoms with Crippen LogP contribution in [0.3, 0.4) is 0 Å². The lowest BCUT2D eigenvalue weighted by Gasteiger charge is -2.43. The lowest BCUT2D eigenvalue weighted by Crippen LogP contribution is -2.48. The quantitative estimate of drug-likeness (QED) is 0.263. The van der Waals surface area contributed by atoms with Gasteiger partial charge >= 0.3 is 0 Å². The van der Waals surface area contributed by atoms with E-state index in [1.165, 1.54) is 11.1 Å². The molecular weight excluding hydrogens is 668 g/mol. The Bertz CT molecular complexity index is 1890. The van der Waals surface area contributed by atoms with Gasteiger partial charge in [-0.2, -0.15) is 0 Å². The molecule has 5 fully saturated rings. The average Bonchev–Trinajstić information content (AvgIpc) is 3.84. The Balaban J connectivity index is 0.950. The molecule has 53 heavy (non-hydrogen) atoms. The highest BCUT2D eigenvalue weighted by molar-refractivity contribution is 6.08. The number of piperidine rings is 2. The summed E-state index contributed by atoms with van der Waals surface area (Å²) in [6.07, 6.45) is 5.79. The number of likely N-dealkylation sites (tertiary alicyclic amines) is 4. The van der Waals surface area contributed by atoms with E-state index in [2.05, 4.69) is 40.1 Å². The third kappa shape index (κ3) is 6.09. The Labute approximate surface area is 310 Å². The maximum absolute atomic E-state index is 14.5. The fourth-order valence-corrected chi connectivity index (χ4v) is 10.7. The Morgan fingerprint density at radius 1 is 0.604 bits per heavy atom. The molecule has 0 spiro atoms. The molecule has 2 aliphatic carbocycles. The van der Waals surface area contributed by atoms with Gasteiger partial charge in [0.25, 0.3) is 0 Å². The summed E-state index contributed by atoms with van der Waals surface area (Å²) < 4.78 is 6.15. The van der Waals surface area contributed by atoms with E-state index in [-0.39, 0.29) is 48.2 Å². The van der Waals surface area contributed by atoms with Crippen molar-refractivity contribution in [2.45, 2.75) is 76.2 Å². The highest BCUT2D eigenvalue weighted by Crippen LogP contribution is 2.58. The maximum atomic E-state index is 14.5. The van der Waals surface area contributed by atoms with Crippen LogP contribution in [0.2, 0.25) is 0 Å². The second-order valence-electron chi connectivity index (χ2n) is 16.1. The van der Waals surface area contributed by atoms with E-state index in [9.17, 15) is 24.3 Å². The number of amides is 4. The second kappa shape index (κ2) is 14.1. The van der Waals surface area contributed by atoms with Crippen LogP contribution in [0.1, 0.15) is 67.1 Å². The van der Waals surface area contributed by atoms with E-state index in [0.29, 0.717) is 37.2 Å². The zero-order chi connectivity index (χ0) is 36.2. The molecule has 0 unspecified atom stereocenters. The minimum absolute atomic E-state index is 0.0891. The van der Waals surface area contributed by atoms with Crippen LogP contribution in [0, 0.1) is 29.6 Å². The summed E-state index contributed by atoms with van der Waals surface area (Å²) in [7, 11) is 0. The number of benzene rings is 2. The molecule has 4 aliphatic heterocycles. The monoisotopic (exact) mass is 716 g/mol. The summed E-state index contributed by atoms with van der Waals surface area (Å²) in [5.41, 5.74) is 3.44. The molecule has 10 nitrogen and oxygen atoms in total. The van der Waals surface area contributed by atoms with Crippen molar-refractivity contribution in [1.29, 1.82) is 0 Å². The Kier molecular flexibility index (Phi) is 9.16. The number of aliphatic hydroxyl groups is 1. The first-order chi connectivity index (χ1) is 25.9. The van der Waals surface area contributed by atoms with E-state index in [4.69, 9.17) is 4.42 Å². The van der Waals surface area contributed by atoms with Crippen molar-refractivity contribution >= 4 is 23.6 Å². The molecule has 0 radical (unpaired) electrons. The molecule has 0 bridgehead atoms. The van der Waals surface area contributed by atoms with Gasteiger partial charge in [-0.1, -0.05) is 72.3 Å². The van der Waals surface area contributed by atoms with Gasteiger partial charge in [-0.3, -0.25) is 38.8 Å². The number of fused-ring (bicyclic) bond motifs is 4. The number of hydrogen-bond donors (Lipinski definition) is 1. The topological polar surface area (TPSA) is 115 Å². The SMILES string of the molecule is O=C1[C@H]2[C@H](CC=C3[C@H]2C[C@H]2C(=O)N(C4CCN(Cc5ccccc5)CC4)C(=O)[C@H]2[C@H]3c2ccc(CO)o2)C(=O)N1C1CCN(Cc2ccccc2)CC1. The molecule has 9 rings (SSSR count). The van der Waals surface area contributed by atoms with Crippen LogP contribution in [-0.2, 0) is 38.9 Å². The van der Waals surface area contributed by atoms with Crippen molar-refractivity contribution in [3.8, 4) is 0 Å². The smallest absolute Gasteiger partial charge is 0.234 e. The third-order valence-electron chi connectivity index (χ3n) is 13.2. The van der Waals surface area contributed by atoms with Crippen LogP contribution in [0.15, 0.2) is 88.9 Å². The van der Waals surface area contributed by atoms with Gasteiger partial charge in [0.2, 0.25) is 23.6 Å². The summed E-state index contributed by atoms with van der Waals surface area (Å²) >= 11 is 0. The number of imide groups is 2. The largest absolute Gasteiger partial charge is 0.463 e. The summed E-state index contributed by atoms with van der Waals surface area (Å²) in [5.74, 6) is -2.72. The average molecular weight is 717 g/mol. The van der Waals surface area contributed by atoms with Crippen LogP contribution in [0.25, 0.3) is 0 Å². The zero-order valence-corrected chi connectivity index (χ0v) is 30.1. The van der Waals surface area contributed by atoms with Gasteiger partial charge in [0.15, 0.2) is 0 Å². The zero-order valence-electron chi connectivity index (χ0n) is 30.1. The van der Waals surface area contributed by atoms with Crippen LogP contribution < -0.4 is 0 Å². The Hall–Kier alpha value is -4.38. The predicted molar refractivity (Wildman–Crippen MR) is 195 cm³/mol. The van der Waals surface area contributed by atoms with E-state index in [1.807, 2.05) is 42.5 Å². The van der Waals surface area contributed by atoms with Crippen molar-refractivity contribution in [2.24, 2.45) is 29.6 Å². The minimum atomic E-state index is -0.640. The number of carbonyl (C=O) groups excluding carboxylic acids is 4. The number of furan rings is 1. The molecule has 6 aliphatic rings. The highest BCUT2D eigenvalue weighted by Gasteiger charge is 2.63. The van der Waals surface area contributed by atoms with Crippen molar-refractivity contribution in [3.05, 3.63) is 107 Å². The van der Waals surface area contributed by atoms with Crippen LogP contribution >= 0.6 is 0 Å². The third-order valence-corrected chi connectivity index (χ3v) is 13.2. The van der Waals surface area contributed by atoms with Crippen molar-refractivity contribution in [2.75, 3.05) is 26.2 Å². The van der Waals surface area contributed by atoms with E-state index >= 15 is 0 Å². The maximum Gasteiger partial charge on any atom is 0.234 e. The van der Waals surface area contributed by atoms with Gasteiger partial charge in [0.1, 0.15) is 18.1 Å². The van der Waals surface area contributed by atoms with Crippen molar-refractivity contribution in [1.82, 2.24) is 19.6 Å². The predicted octanol–water partition coefficient (Wildman–Crippen LogP) is 4.74.